The van der Waals surface area contributed by atoms with E-state index in [1.807, 2.05) is 6.92 Å². The monoisotopic (exact) mass is 474 g/mol. The molecule has 0 amide bonds. The summed E-state index contributed by atoms with van der Waals surface area (Å²) in [4.78, 5) is 9.38. The van der Waals surface area contributed by atoms with Crippen molar-refractivity contribution in [2.75, 3.05) is 44.2 Å². The van der Waals surface area contributed by atoms with Gasteiger partial charge in [-0.3, -0.25) is 4.90 Å². The zero-order chi connectivity index (χ0) is 22.3. The quantitative estimate of drug-likeness (QED) is 0.678. The number of rotatable bonds is 4. The Hall–Kier alpha value is -1.48. The van der Waals surface area contributed by atoms with Crippen LogP contribution in [-0.2, 0) is 22.9 Å². The third-order valence-electron chi connectivity index (χ3n) is 7.41. The summed E-state index contributed by atoms with van der Waals surface area (Å²) in [6.45, 7) is 8.49. The Bertz CT molecular complexity index is 1070. The number of hydrogen-bond acceptors (Lipinski definition) is 6. The summed E-state index contributed by atoms with van der Waals surface area (Å²) in [5, 5.41) is 0.802. The molecule has 0 N–H and O–H groups in total. The fraction of sp³-hybridized carbons (Fsp3) is 0.625. The molecule has 2 fully saturated rings. The lowest BCUT2D eigenvalue weighted by molar-refractivity contribution is 0.208. The number of anilines is 1. The smallest absolute Gasteiger partial charge is 0.254 e. The van der Waals surface area contributed by atoms with E-state index in [0.717, 1.165) is 37.0 Å². The Morgan fingerprint density at radius 3 is 2.28 bits per heavy atom. The van der Waals surface area contributed by atoms with Crippen LogP contribution >= 0.6 is 11.3 Å². The van der Waals surface area contributed by atoms with Crippen molar-refractivity contribution < 1.29 is 8.42 Å². The number of thiazole rings is 1. The summed E-state index contributed by atoms with van der Waals surface area (Å²) in [6, 6.07) is 7.72. The first-order chi connectivity index (χ1) is 15.4. The highest BCUT2D eigenvalue weighted by Crippen LogP contribution is 2.30. The summed E-state index contributed by atoms with van der Waals surface area (Å²) < 4.78 is 28.2. The van der Waals surface area contributed by atoms with E-state index >= 15 is 0 Å². The van der Waals surface area contributed by atoms with Gasteiger partial charge in [0.25, 0.3) is 10.0 Å². The van der Waals surface area contributed by atoms with E-state index in [1.165, 1.54) is 66.9 Å². The summed E-state index contributed by atoms with van der Waals surface area (Å²) in [7, 11) is -3.45. The van der Waals surface area contributed by atoms with Crippen molar-refractivity contribution in [3.8, 4) is 0 Å². The van der Waals surface area contributed by atoms with Gasteiger partial charge in [0.2, 0.25) is 0 Å². The Morgan fingerprint density at radius 1 is 0.938 bits per heavy atom. The molecule has 5 rings (SSSR count). The highest BCUT2D eigenvalue weighted by Gasteiger charge is 2.32. The van der Waals surface area contributed by atoms with Crippen molar-refractivity contribution in [2.24, 2.45) is 0 Å². The predicted molar refractivity (Wildman–Crippen MR) is 130 cm³/mol. The predicted octanol–water partition coefficient (Wildman–Crippen LogP) is 3.61. The number of aryl methyl sites for hydroxylation is 2. The molecule has 32 heavy (non-hydrogen) atoms. The van der Waals surface area contributed by atoms with Crippen LogP contribution in [0, 0.1) is 13.8 Å². The van der Waals surface area contributed by atoms with Gasteiger partial charge in [-0.15, -0.1) is 11.3 Å². The normalized spacial score (nSPS) is 21.6. The largest absolute Gasteiger partial charge is 0.369 e. The van der Waals surface area contributed by atoms with Crippen LogP contribution < -0.4 is 4.90 Å². The maximum Gasteiger partial charge on any atom is 0.254 e. The minimum Gasteiger partial charge on any atom is -0.369 e. The second kappa shape index (κ2) is 9.05. The molecule has 8 heteroatoms. The Labute approximate surface area is 196 Å². The van der Waals surface area contributed by atoms with Crippen molar-refractivity contribution in [3.05, 3.63) is 40.0 Å². The lowest BCUT2D eigenvalue weighted by atomic mass is 10.0. The van der Waals surface area contributed by atoms with Gasteiger partial charge in [-0.2, -0.15) is 4.31 Å². The van der Waals surface area contributed by atoms with Crippen molar-refractivity contribution in [1.82, 2.24) is 14.2 Å². The van der Waals surface area contributed by atoms with Crippen LogP contribution in [0.1, 0.15) is 47.5 Å². The molecule has 0 atom stereocenters. The molecule has 0 spiro atoms. The fourth-order valence-corrected chi connectivity index (χ4v) is 8.66. The molecule has 1 saturated heterocycles. The summed E-state index contributed by atoms with van der Waals surface area (Å²) >= 11 is 1.28. The first-order valence-corrected chi connectivity index (χ1v) is 14.2. The summed E-state index contributed by atoms with van der Waals surface area (Å²) in [5.41, 5.74) is 4.83. The van der Waals surface area contributed by atoms with Crippen LogP contribution in [0.15, 0.2) is 22.4 Å². The van der Waals surface area contributed by atoms with Crippen molar-refractivity contribution >= 4 is 27.0 Å². The van der Waals surface area contributed by atoms with Crippen LogP contribution in [0.2, 0.25) is 0 Å². The van der Waals surface area contributed by atoms with Crippen LogP contribution in [0.3, 0.4) is 0 Å². The number of benzene rings is 1. The van der Waals surface area contributed by atoms with Gasteiger partial charge >= 0.3 is 0 Å². The van der Waals surface area contributed by atoms with Gasteiger partial charge in [-0.25, -0.2) is 13.4 Å². The molecule has 0 unspecified atom stereocenters. The molecular formula is C24H34N4O2S2. The van der Waals surface area contributed by atoms with Gasteiger partial charge in [-0.05, 0) is 62.8 Å². The number of nitrogens with zero attached hydrogens (tertiary/aromatic N) is 4. The van der Waals surface area contributed by atoms with Gasteiger partial charge in [0.1, 0.15) is 0 Å². The SMILES string of the molecule is Cc1nc(C)c(S(=O)(=O)N2CCN(c3ccc4c(c3)CCN(C3CCCC3)CC4)CC2)s1. The Morgan fingerprint density at radius 2 is 1.62 bits per heavy atom. The molecule has 174 valence electrons. The molecule has 1 aliphatic carbocycles. The second-order valence-electron chi connectivity index (χ2n) is 9.42. The van der Waals surface area contributed by atoms with Crippen LogP contribution in [-0.4, -0.2) is 67.9 Å². The molecule has 3 heterocycles. The molecule has 3 aliphatic rings. The first-order valence-electron chi connectivity index (χ1n) is 12.0. The van der Waals surface area contributed by atoms with Gasteiger partial charge in [0.05, 0.1) is 10.7 Å². The number of fused-ring (bicyclic) bond motifs is 1. The average Bonchev–Trinajstić information content (AvgIpc) is 3.39. The highest BCUT2D eigenvalue weighted by atomic mass is 32.2. The summed E-state index contributed by atoms with van der Waals surface area (Å²) in [5.74, 6) is 0. The van der Waals surface area contributed by atoms with Gasteiger partial charge in [-0.1, -0.05) is 18.9 Å². The lowest BCUT2D eigenvalue weighted by Gasteiger charge is -2.35. The topological polar surface area (TPSA) is 56.8 Å². The first kappa shape index (κ1) is 22.3. The van der Waals surface area contributed by atoms with Crippen LogP contribution in [0.5, 0.6) is 0 Å². The van der Waals surface area contributed by atoms with Crippen molar-refractivity contribution in [3.63, 3.8) is 0 Å². The average molecular weight is 475 g/mol. The Kier molecular flexibility index (Phi) is 6.31. The molecule has 2 aromatic rings. The van der Waals surface area contributed by atoms with Crippen molar-refractivity contribution in [2.45, 2.75) is 62.6 Å². The zero-order valence-electron chi connectivity index (χ0n) is 19.2. The molecule has 0 radical (unpaired) electrons. The minimum atomic E-state index is -3.45. The minimum absolute atomic E-state index is 0.403. The molecule has 2 aliphatic heterocycles. The molecule has 6 nitrogen and oxygen atoms in total. The van der Waals surface area contributed by atoms with Crippen LogP contribution in [0.25, 0.3) is 0 Å². The third kappa shape index (κ3) is 4.34. The van der Waals surface area contributed by atoms with Gasteiger partial charge in [0, 0.05) is 51.0 Å². The van der Waals surface area contributed by atoms with E-state index in [9.17, 15) is 8.42 Å². The lowest BCUT2D eigenvalue weighted by Crippen LogP contribution is -2.48. The second-order valence-corrected chi connectivity index (χ2v) is 12.8. The van der Waals surface area contributed by atoms with E-state index in [-0.39, 0.29) is 0 Å². The number of piperazine rings is 1. The van der Waals surface area contributed by atoms with E-state index in [1.54, 1.807) is 11.2 Å². The molecule has 1 aromatic heterocycles. The van der Waals surface area contributed by atoms with Crippen molar-refractivity contribution in [1.29, 1.82) is 0 Å². The molecule has 1 saturated carbocycles. The molecule has 0 bridgehead atoms. The maximum atomic E-state index is 13.1. The highest BCUT2D eigenvalue weighted by molar-refractivity contribution is 7.91. The van der Waals surface area contributed by atoms with E-state index in [2.05, 4.69) is 33.0 Å². The summed E-state index contributed by atoms with van der Waals surface area (Å²) in [6.07, 6.45) is 7.79. The zero-order valence-corrected chi connectivity index (χ0v) is 20.8. The third-order valence-corrected chi connectivity index (χ3v) is 11.0. The standard InChI is InChI=1S/C24H34N4O2S2/c1-18-24(31-19(2)25-18)32(29,30)28-15-13-27(14-16-28)23-8-7-20-9-11-26(12-10-21(20)17-23)22-5-3-4-6-22/h7-8,17,22H,3-6,9-16H2,1-2H3. The van der Waals surface area contributed by atoms with Gasteiger partial charge in [0.15, 0.2) is 4.21 Å². The van der Waals surface area contributed by atoms with Gasteiger partial charge < -0.3 is 4.90 Å². The Balaban J connectivity index is 1.24. The van der Waals surface area contributed by atoms with Crippen LogP contribution in [0.4, 0.5) is 5.69 Å². The maximum absolute atomic E-state index is 13.1. The molecule has 1 aromatic carbocycles. The fourth-order valence-electron chi connectivity index (χ4n) is 5.62. The van der Waals surface area contributed by atoms with E-state index in [4.69, 9.17) is 0 Å². The molecular weight excluding hydrogens is 440 g/mol. The number of aromatic nitrogens is 1. The van der Waals surface area contributed by atoms with E-state index in [0.29, 0.717) is 23.0 Å². The number of sulfonamides is 1. The number of hydrogen-bond donors (Lipinski definition) is 0. The van der Waals surface area contributed by atoms with E-state index < -0.39 is 10.0 Å².